The Labute approximate surface area is 161 Å². The lowest BCUT2D eigenvalue weighted by Gasteiger charge is -2.43. The molecule has 6 nitrogen and oxygen atoms in total. The van der Waals surface area contributed by atoms with Crippen LogP contribution >= 0.6 is 0 Å². The van der Waals surface area contributed by atoms with E-state index in [1.54, 1.807) is 19.2 Å². The molecule has 2 fully saturated rings. The van der Waals surface area contributed by atoms with E-state index in [0.29, 0.717) is 18.8 Å². The summed E-state index contributed by atoms with van der Waals surface area (Å²) in [5, 5.41) is 10.1. The van der Waals surface area contributed by atoms with E-state index in [9.17, 15) is 9.90 Å². The number of hydrogen-bond acceptors (Lipinski definition) is 4. The SMILES string of the molecule is CCN1C(=O)N2Cc3cc(O)cc(OC)c3[C@@H](C)C=C2C12CCN(C)CC2. The average Bonchev–Trinajstić information content (AvgIpc) is 2.75. The van der Waals surface area contributed by atoms with Gasteiger partial charge in [-0.1, -0.05) is 13.0 Å². The van der Waals surface area contributed by atoms with Crippen LogP contribution < -0.4 is 4.74 Å². The van der Waals surface area contributed by atoms with Crippen LogP contribution in [0.25, 0.3) is 0 Å². The third-order valence-corrected chi connectivity index (χ3v) is 6.50. The standard InChI is InChI=1S/C21H29N3O3/c1-5-24-20(26)23-13-15-11-16(25)12-17(27-4)19(15)14(2)10-18(23)21(24)6-8-22(3)9-7-21/h10-12,14,25H,5-9,13H2,1-4H3/t14-/m0/s1. The number of likely N-dealkylation sites (tertiary alicyclic amines) is 1. The number of methoxy groups -OCH3 is 1. The Morgan fingerprint density at radius 2 is 2.00 bits per heavy atom. The number of ether oxygens (including phenoxy) is 1. The van der Waals surface area contributed by atoms with E-state index in [1.165, 1.54) is 0 Å². The highest BCUT2D eigenvalue weighted by Gasteiger charge is 2.54. The third kappa shape index (κ3) is 2.61. The Morgan fingerprint density at radius 3 is 2.63 bits per heavy atom. The second-order valence-corrected chi connectivity index (χ2v) is 8.01. The second kappa shape index (κ2) is 6.44. The number of aromatic hydroxyl groups is 1. The van der Waals surface area contributed by atoms with Gasteiger partial charge < -0.3 is 19.6 Å². The summed E-state index contributed by atoms with van der Waals surface area (Å²) in [5.41, 5.74) is 2.94. The first kappa shape index (κ1) is 18.2. The summed E-state index contributed by atoms with van der Waals surface area (Å²) in [6, 6.07) is 3.51. The molecule has 0 unspecified atom stereocenters. The number of benzene rings is 1. The molecule has 1 spiro atoms. The van der Waals surface area contributed by atoms with Gasteiger partial charge in [0.25, 0.3) is 0 Å². The number of nitrogens with zero attached hydrogens (tertiary/aromatic N) is 3. The molecule has 4 rings (SSSR count). The Balaban J connectivity index is 1.85. The topological polar surface area (TPSA) is 56.3 Å². The third-order valence-electron chi connectivity index (χ3n) is 6.50. The molecule has 27 heavy (non-hydrogen) atoms. The van der Waals surface area contributed by atoms with Crippen molar-refractivity contribution in [2.45, 2.75) is 44.7 Å². The van der Waals surface area contributed by atoms with Crippen LogP contribution in [0.15, 0.2) is 23.9 Å². The van der Waals surface area contributed by atoms with Crippen LogP contribution in [-0.2, 0) is 6.54 Å². The first-order chi connectivity index (χ1) is 12.9. The van der Waals surface area contributed by atoms with E-state index in [4.69, 9.17) is 4.74 Å². The quantitative estimate of drug-likeness (QED) is 0.868. The molecular weight excluding hydrogens is 342 g/mol. The number of likely N-dealkylation sites (N-methyl/N-ethyl adjacent to an activating group) is 1. The monoisotopic (exact) mass is 371 g/mol. The minimum absolute atomic E-state index is 0.0793. The summed E-state index contributed by atoms with van der Waals surface area (Å²) in [6.07, 6.45) is 4.16. The lowest BCUT2D eigenvalue weighted by atomic mass is 9.82. The molecule has 1 aromatic rings. The minimum atomic E-state index is -0.218. The molecule has 1 N–H and O–H groups in total. The molecule has 146 valence electrons. The van der Waals surface area contributed by atoms with Gasteiger partial charge in [-0.3, -0.25) is 4.90 Å². The first-order valence-electron chi connectivity index (χ1n) is 9.81. The predicted molar refractivity (Wildman–Crippen MR) is 104 cm³/mol. The molecule has 3 aliphatic rings. The number of phenols is 1. The molecule has 1 aromatic carbocycles. The van der Waals surface area contributed by atoms with Crippen LogP contribution in [0, 0.1) is 0 Å². The van der Waals surface area contributed by atoms with Gasteiger partial charge in [-0.2, -0.15) is 0 Å². The highest BCUT2D eigenvalue weighted by molar-refractivity contribution is 5.83. The number of carbonyl (C=O) groups is 1. The van der Waals surface area contributed by atoms with Crippen molar-refractivity contribution in [1.29, 1.82) is 0 Å². The van der Waals surface area contributed by atoms with Crippen LogP contribution in [-0.4, -0.2) is 65.2 Å². The van der Waals surface area contributed by atoms with E-state index in [0.717, 1.165) is 42.8 Å². The van der Waals surface area contributed by atoms with E-state index in [-0.39, 0.29) is 23.2 Å². The molecule has 2 saturated heterocycles. The maximum atomic E-state index is 13.3. The molecular formula is C21H29N3O3. The Kier molecular flexibility index (Phi) is 4.34. The van der Waals surface area contributed by atoms with Gasteiger partial charge in [0, 0.05) is 42.9 Å². The maximum Gasteiger partial charge on any atom is 0.325 e. The van der Waals surface area contributed by atoms with Crippen LogP contribution in [0.5, 0.6) is 11.5 Å². The van der Waals surface area contributed by atoms with Crippen molar-refractivity contribution in [3.8, 4) is 11.5 Å². The van der Waals surface area contributed by atoms with Gasteiger partial charge in [0.15, 0.2) is 0 Å². The van der Waals surface area contributed by atoms with Gasteiger partial charge >= 0.3 is 6.03 Å². The zero-order valence-corrected chi connectivity index (χ0v) is 16.7. The molecule has 0 aromatic heterocycles. The zero-order chi connectivity index (χ0) is 19.3. The van der Waals surface area contributed by atoms with Gasteiger partial charge in [-0.05, 0) is 38.4 Å². The zero-order valence-electron chi connectivity index (χ0n) is 16.7. The predicted octanol–water partition coefficient (Wildman–Crippen LogP) is 3.12. The van der Waals surface area contributed by atoms with Crippen LogP contribution in [0.4, 0.5) is 4.79 Å². The summed E-state index contributed by atoms with van der Waals surface area (Å²) in [6.45, 7) is 7.37. The van der Waals surface area contributed by atoms with Gasteiger partial charge in [0.05, 0.1) is 19.2 Å². The number of amides is 2. The average molecular weight is 371 g/mol. The summed E-state index contributed by atoms with van der Waals surface area (Å²) >= 11 is 0. The van der Waals surface area contributed by atoms with E-state index in [1.807, 2.05) is 4.90 Å². The van der Waals surface area contributed by atoms with Crippen molar-refractivity contribution in [3.63, 3.8) is 0 Å². The lowest BCUT2D eigenvalue weighted by molar-refractivity contribution is 0.104. The number of phenolic OH excluding ortho intramolecular Hbond substituents is 1. The van der Waals surface area contributed by atoms with Crippen LogP contribution in [0.2, 0.25) is 0 Å². The van der Waals surface area contributed by atoms with E-state index >= 15 is 0 Å². The number of fused-ring (bicyclic) bond motifs is 3. The van der Waals surface area contributed by atoms with Crippen molar-refractivity contribution >= 4 is 6.03 Å². The highest BCUT2D eigenvalue weighted by atomic mass is 16.5. The van der Waals surface area contributed by atoms with Crippen LogP contribution in [0.3, 0.4) is 0 Å². The highest BCUT2D eigenvalue weighted by Crippen LogP contribution is 2.48. The minimum Gasteiger partial charge on any atom is -0.508 e. The molecule has 3 aliphatic heterocycles. The largest absolute Gasteiger partial charge is 0.508 e. The lowest BCUT2D eigenvalue weighted by Crippen LogP contribution is -2.53. The smallest absolute Gasteiger partial charge is 0.325 e. The summed E-state index contributed by atoms with van der Waals surface area (Å²) < 4.78 is 5.55. The van der Waals surface area contributed by atoms with Crippen molar-refractivity contribution in [3.05, 3.63) is 35.0 Å². The second-order valence-electron chi connectivity index (χ2n) is 8.01. The van der Waals surface area contributed by atoms with Crippen molar-refractivity contribution in [1.82, 2.24) is 14.7 Å². The first-order valence-corrected chi connectivity index (χ1v) is 9.81. The molecule has 3 heterocycles. The summed E-state index contributed by atoms with van der Waals surface area (Å²) in [7, 11) is 3.77. The maximum absolute atomic E-state index is 13.3. The van der Waals surface area contributed by atoms with Gasteiger partial charge in [0.1, 0.15) is 11.5 Å². The fraction of sp³-hybridized carbons (Fsp3) is 0.571. The number of piperidine rings is 1. The van der Waals surface area contributed by atoms with Crippen molar-refractivity contribution < 1.29 is 14.6 Å². The van der Waals surface area contributed by atoms with Gasteiger partial charge in [-0.25, -0.2) is 4.79 Å². The Morgan fingerprint density at radius 1 is 1.30 bits per heavy atom. The van der Waals surface area contributed by atoms with Crippen molar-refractivity contribution in [2.75, 3.05) is 33.8 Å². The molecule has 0 aliphatic carbocycles. The fourth-order valence-corrected chi connectivity index (χ4v) is 5.15. The number of rotatable bonds is 2. The normalized spacial score (nSPS) is 24.5. The number of hydrogen-bond donors (Lipinski definition) is 1. The van der Waals surface area contributed by atoms with Gasteiger partial charge in [0.2, 0.25) is 0 Å². The summed E-state index contributed by atoms with van der Waals surface area (Å²) in [4.78, 5) is 19.7. The Bertz CT molecular complexity index is 796. The van der Waals surface area contributed by atoms with Gasteiger partial charge in [-0.15, -0.1) is 0 Å². The van der Waals surface area contributed by atoms with Crippen LogP contribution in [0.1, 0.15) is 43.7 Å². The fourth-order valence-electron chi connectivity index (χ4n) is 5.15. The number of allylic oxidation sites excluding steroid dienone is 1. The molecule has 0 radical (unpaired) electrons. The van der Waals surface area contributed by atoms with E-state index < -0.39 is 0 Å². The van der Waals surface area contributed by atoms with E-state index in [2.05, 4.69) is 36.8 Å². The molecule has 6 heteroatoms. The Hall–Kier alpha value is -2.21. The molecule has 2 amide bonds. The molecule has 1 atom stereocenters. The molecule has 0 bridgehead atoms. The number of urea groups is 1. The number of carbonyl (C=O) groups excluding carboxylic acids is 1. The summed E-state index contributed by atoms with van der Waals surface area (Å²) in [5.74, 6) is 0.971. The molecule has 0 saturated carbocycles. The van der Waals surface area contributed by atoms with Crippen molar-refractivity contribution in [2.24, 2.45) is 0 Å².